The Bertz CT molecular complexity index is 1020. The summed E-state index contributed by atoms with van der Waals surface area (Å²) in [4.78, 5) is 28.4. The number of hydrogen-bond donors (Lipinski definition) is 1. The van der Waals surface area contributed by atoms with Crippen LogP contribution in [0.25, 0.3) is 5.69 Å². The van der Waals surface area contributed by atoms with Gasteiger partial charge in [-0.3, -0.25) is 4.79 Å². The number of nitrogens with zero attached hydrogens (tertiary/aromatic N) is 3. The highest BCUT2D eigenvalue weighted by Gasteiger charge is 2.19. The van der Waals surface area contributed by atoms with Crippen molar-refractivity contribution in [2.75, 3.05) is 6.79 Å². The number of hydrogen-bond acceptors (Lipinski definition) is 7. The lowest BCUT2D eigenvalue weighted by molar-refractivity contribution is -0.129. The molecule has 0 spiro atoms. The van der Waals surface area contributed by atoms with Crippen LogP contribution >= 0.6 is 0 Å². The number of carbonyl (C=O) groups excluding carboxylic acids is 2. The Hall–Kier alpha value is -3.88. The minimum Gasteiger partial charge on any atom is -0.454 e. The Morgan fingerprint density at radius 3 is 2.72 bits per heavy atom. The molecular formula is C20H18N4O5. The van der Waals surface area contributed by atoms with Crippen molar-refractivity contribution in [3.63, 3.8) is 0 Å². The van der Waals surface area contributed by atoms with Gasteiger partial charge < -0.3 is 19.5 Å². The molecule has 0 fully saturated rings. The van der Waals surface area contributed by atoms with Crippen molar-refractivity contribution in [1.82, 2.24) is 20.1 Å². The van der Waals surface area contributed by atoms with E-state index in [2.05, 4.69) is 15.4 Å². The molecule has 9 nitrogen and oxygen atoms in total. The van der Waals surface area contributed by atoms with Gasteiger partial charge in [-0.05, 0) is 48.9 Å². The Kier molecular flexibility index (Phi) is 5.10. The van der Waals surface area contributed by atoms with E-state index >= 15 is 0 Å². The average molecular weight is 394 g/mol. The number of carbonyl (C=O) groups is 2. The van der Waals surface area contributed by atoms with Gasteiger partial charge in [0.25, 0.3) is 5.91 Å². The van der Waals surface area contributed by atoms with E-state index < -0.39 is 18.0 Å². The Balaban J connectivity index is 1.30. The summed E-state index contributed by atoms with van der Waals surface area (Å²) in [6, 6.07) is 12.1. The zero-order valence-corrected chi connectivity index (χ0v) is 15.6. The summed E-state index contributed by atoms with van der Waals surface area (Å²) in [6.45, 7) is 2.00. The van der Waals surface area contributed by atoms with E-state index in [4.69, 9.17) is 14.2 Å². The number of amides is 1. The quantitative estimate of drug-likeness (QED) is 0.636. The Morgan fingerprint density at radius 1 is 1.17 bits per heavy atom. The molecule has 0 radical (unpaired) electrons. The molecule has 0 unspecified atom stereocenters. The van der Waals surface area contributed by atoms with Crippen molar-refractivity contribution in [2.45, 2.75) is 19.6 Å². The third kappa shape index (κ3) is 4.18. The molecule has 1 N–H and O–H groups in total. The van der Waals surface area contributed by atoms with Gasteiger partial charge in [-0.25, -0.2) is 14.5 Å². The molecule has 1 aliphatic rings. The summed E-state index contributed by atoms with van der Waals surface area (Å²) in [5, 5.41) is 6.76. The van der Waals surface area contributed by atoms with Crippen LogP contribution < -0.4 is 14.8 Å². The van der Waals surface area contributed by atoms with Crippen LogP contribution in [0.1, 0.15) is 22.8 Å². The van der Waals surface area contributed by atoms with Crippen molar-refractivity contribution in [3.8, 4) is 17.2 Å². The largest absolute Gasteiger partial charge is 0.454 e. The van der Waals surface area contributed by atoms with Crippen molar-refractivity contribution in [1.29, 1.82) is 0 Å². The monoisotopic (exact) mass is 394 g/mol. The fourth-order valence-corrected chi connectivity index (χ4v) is 2.76. The van der Waals surface area contributed by atoms with Crippen LogP contribution in [0.15, 0.2) is 55.1 Å². The predicted octanol–water partition coefficient (Wildman–Crippen LogP) is 1.86. The van der Waals surface area contributed by atoms with E-state index in [0.717, 1.165) is 11.3 Å². The van der Waals surface area contributed by atoms with Gasteiger partial charge in [0.05, 0.1) is 11.3 Å². The van der Waals surface area contributed by atoms with Crippen molar-refractivity contribution in [2.24, 2.45) is 0 Å². The number of benzene rings is 2. The average Bonchev–Trinajstić information content (AvgIpc) is 3.43. The number of aromatic nitrogens is 3. The molecule has 2 heterocycles. The smallest absolute Gasteiger partial charge is 0.338 e. The lowest BCUT2D eigenvalue weighted by Crippen LogP contribution is -2.35. The molecular weight excluding hydrogens is 376 g/mol. The first-order valence-corrected chi connectivity index (χ1v) is 8.92. The maximum absolute atomic E-state index is 12.3. The summed E-state index contributed by atoms with van der Waals surface area (Å²) in [7, 11) is 0. The predicted molar refractivity (Wildman–Crippen MR) is 101 cm³/mol. The normalized spacial score (nSPS) is 13.0. The zero-order chi connectivity index (χ0) is 20.2. The second kappa shape index (κ2) is 8.01. The fraction of sp³-hybridized carbons (Fsp3) is 0.200. The molecule has 1 atom stereocenters. The summed E-state index contributed by atoms with van der Waals surface area (Å²) in [6.07, 6.45) is 2.04. The van der Waals surface area contributed by atoms with E-state index in [1.165, 1.54) is 13.3 Å². The minimum absolute atomic E-state index is 0.192. The third-order valence-electron chi connectivity index (χ3n) is 4.34. The molecule has 148 valence electrons. The van der Waals surface area contributed by atoms with Crippen LogP contribution in [0.5, 0.6) is 11.5 Å². The number of nitrogens with one attached hydrogen (secondary N) is 1. The summed E-state index contributed by atoms with van der Waals surface area (Å²) in [5.74, 6) is 0.346. The molecule has 0 bridgehead atoms. The molecule has 29 heavy (non-hydrogen) atoms. The van der Waals surface area contributed by atoms with E-state index in [1.807, 2.05) is 6.07 Å². The van der Waals surface area contributed by atoms with Crippen molar-refractivity contribution in [3.05, 3.63) is 66.2 Å². The molecule has 1 aliphatic heterocycles. The van der Waals surface area contributed by atoms with E-state index in [-0.39, 0.29) is 13.3 Å². The standard InChI is InChI=1S/C20H18N4O5/c1-13(19(25)22-9-14-2-7-17-18(8-14)28-12-27-17)29-20(26)15-3-5-16(6-4-15)24-11-21-10-23-24/h2-8,10-11,13H,9,12H2,1H3,(H,22,25)/t13-/m1/s1. The third-order valence-corrected chi connectivity index (χ3v) is 4.34. The lowest BCUT2D eigenvalue weighted by atomic mass is 10.2. The second-order valence-electron chi connectivity index (χ2n) is 6.34. The molecule has 0 aliphatic carbocycles. The van der Waals surface area contributed by atoms with E-state index in [0.29, 0.717) is 17.1 Å². The molecule has 3 aromatic rings. The molecule has 4 rings (SSSR count). The first kappa shape index (κ1) is 18.5. The number of rotatable bonds is 6. The van der Waals surface area contributed by atoms with Crippen LogP contribution in [-0.2, 0) is 16.1 Å². The fourth-order valence-electron chi connectivity index (χ4n) is 2.76. The maximum Gasteiger partial charge on any atom is 0.338 e. The molecule has 9 heteroatoms. The van der Waals surface area contributed by atoms with Crippen LogP contribution in [0.4, 0.5) is 0 Å². The van der Waals surface area contributed by atoms with Crippen LogP contribution in [0, 0.1) is 0 Å². The highest BCUT2D eigenvalue weighted by Crippen LogP contribution is 2.32. The van der Waals surface area contributed by atoms with Gasteiger partial charge in [0.15, 0.2) is 17.6 Å². The molecule has 1 amide bonds. The molecule has 1 aromatic heterocycles. The summed E-state index contributed by atoms with van der Waals surface area (Å²) >= 11 is 0. The molecule has 0 saturated carbocycles. The van der Waals surface area contributed by atoms with Crippen LogP contribution in [-0.4, -0.2) is 39.5 Å². The number of esters is 1. The van der Waals surface area contributed by atoms with Gasteiger partial charge in [0.2, 0.25) is 6.79 Å². The van der Waals surface area contributed by atoms with Crippen LogP contribution in [0.3, 0.4) is 0 Å². The first-order chi connectivity index (χ1) is 14.1. The van der Waals surface area contributed by atoms with E-state index in [1.54, 1.807) is 47.4 Å². The van der Waals surface area contributed by atoms with Crippen LogP contribution in [0.2, 0.25) is 0 Å². The highest BCUT2D eigenvalue weighted by atomic mass is 16.7. The van der Waals surface area contributed by atoms with Gasteiger partial charge in [0.1, 0.15) is 12.7 Å². The second-order valence-corrected chi connectivity index (χ2v) is 6.34. The maximum atomic E-state index is 12.3. The van der Waals surface area contributed by atoms with Crippen molar-refractivity contribution >= 4 is 11.9 Å². The highest BCUT2D eigenvalue weighted by molar-refractivity contribution is 5.92. The number of fused-ring (bicyclic) bond motifs is 1. The zero-order valence-electron chi connectivity index (χ0n) is 15.6. The van der Waals surface area contributed by atoms with Gasteiger partial charge in [-0.15, -0.1) is 0 Å². The lowest BCUT2D eigenvalue weighted by Gasteiger charge is -2.14. The van der Waals surface area contributed by atoms with Gasteiger partial charge in [-0.1, -0.05) is 6.07 Å². The first-order valence-electron chi connectivity index (χ1n) is 8.92. The van der Waals surface area contributed by atoms with Crippen molar-refractivity contribution < 1.29 is 23.8 Å². The Labute approximate surface area is 166 Å². The van der Waals surface area contributed by atoms with Gasteiger partial charge in [0, 0.05) is 6.54 Å². The number of ether oxygens (including phenoxy) is 3. The molecule has 0 saturated heterocycles. The Morgan fingerprint density at radius 2 is 1.97 bits per heavy atom. The summed E-state index contributed by atoms with van der Waals surface area (Å²) in [5.41, 5.74) is 1.95. The van der Waals surface area contributed by atoms with Gasteiger partial charge >= 0.3 is 5.97 Å². The van der Waals surface area contributed by atoms with Gasteiger partial charge in [-0.2, -0.15) is 5.10 Å². The SMILES string of the molecule is C[C@@H](OC(=O)c1ccc(-n2cncn2)cc1)C(=O)NCc1ccc2c(c1)OCO2. The summed E-state index contributed by atoms with van der Waals surface area (Å²) < 4.78 is 17.4. The molecule has 2 aromatic carbocycles. The minimum atomic E-state index is -0.938. The van der Waals surface area contributed by atoms with E-state index in [9.17, 15) is 9.59 Å². The topological polar surface area (TPSA) is 105 Å².